The lowest BCUT2D eigenvalue weighted by Gasteiger charge is -2.09. The van der Waals surface area contributed by atoms with E-state index in [9.17, 15) is 24.5 Å². The molecular formula is C16H13N3O6S. The Morgan fingerprint density at radius 2 is 1.92 bits per heavy atom. The van der Waals surface area contributed by atoms with Gasteiger partial charge in [-0.25, -0.2) is 9.59 Å². The second-order valence-electron chi connectivity index (χ2n) is 5.54. The largest absolute Gasteiger partial charge is 0.455 e. The van der Waals surface area contributed by atoms with E-state index in [-0.39, 0.29) is 22.9 Å². The van der Waals surface area contributed by atoms with E-state index in [2.05, 4.69) is 0 Å². The number of esters is 1. The van der Waals surface area contributed by atoms with Crippen LogP contribution in [0.3, 0.4) is 0 Å². The van der Waals surface area contributed by atoms with Crippen molar-refractivity contribution in [3.63, 3.8) is 0 Å². The van der Waals surface area contributed by atoms with E-state index < -0.39 is 22.1 Å². The highest BCUT2D eigenvalue weighted by atomic mass is 32.1. The highest BCUT2D eigenvalue weighted by Crippen LogP contribution is 2.29. The van der Waals surface area contributed by atoms with Crippen molar-refractivity contribution >= 4 is 33.1 Å². The summed E-state index contributed by atoms with van der Waals surface area (Å²) in [6.45, 7) is -0.241. The van der Waals surface area contributed by atoms with Gasteiger partial charge in [-0.3, -0.25) is 24.0 Å². The third-order valence-electron chi connectivity index (χ3n) is 3.89. The molecule has 0 radical (unpaired) electrons. The van der Waals surface area contributed by atoms with Crippen LogP contribution in [0.5, 0.6) is 0 Å². The number of carbonyl (C=O) groups excluding carboxylic acids is 1. The van der Waals surface area contributed by atoms with Crippen molar-refractivity contribution < 1.29 is 14.5 Å². The monoisotopic (exact) mass is 375 g/mol. The minimum Gasteiger partial charge on any atom is -0.455 e. The predicted octanol–water partition coefficient (Wildman–Crippen LogP) is 1.56. The van der Waals surface area contributed by atoms with Crippen LogP contribution in [0.25, 0.3) is 10.1 Å². The Morgan fingerprint density at radius 1 is 1.19 bits per heavy atom. The van der Waals surface area contributed by atoms with Gasteiger partial charge in [0.05, 0.1) is 10.6 Å². The van der Waals surface area contributed by atoms with Crippen LogP contribution in [0, 0.1) is 10.1 Å². The lowest BCUT2D eigenvalue weighted by molar-refractivity contribution is -0.384. The van der Waals surface area contributed by atoms with Crippen LogP contribution in [-0.4, -0.2) is 20.0 Å². The summed E-state index contributed by atoms with van der Waals surface area (Å²) in [4.78, 5) is 46.4. The molecule has 0 unspecified atom stereocenters. The number of nitro groups is 1. The fraction of sp³-hybridized carbons (Fsp3) is 0.188. The third-order valence-corrected chi connectivity index (χ3v) is 4.98. The summed E-state index contributed by atoms with van der Waals surface area (Å²) in [6, 6.07) is 7.05. The van der Waals surface area contributed by atoms with E-state index in [1.807, 2.05) is 0 Å². The molecule has 0 fully saturated rings. The number of carbonyl (C=O) groups is 1. The van der Waals surface area contributed by atoms with E-state index in [1.54, 1.807) is 6.07 Å². The normalized spacial score (nSPS) is 10.8. The van der Waals surface area contributed by atoms with Crippen molar-refractivity contribution in [2.75, 3.05) is 0 Å². The number of non-ortho nitro benzene ring substituents is 1. The van der Waals surface area contributed by atoms with Gasteiger partial charge in [0.25, 0.3) is 11.2 Å². The van der Waals surface area contributed by atoms with Gasteiger partial charge in [-0.15, -0.1) is 11.3 Å². The summed E-state index contributed by atoms with van der Waals surface area (Å²) < 4.78 is 8.07. The van der Waals surface area contributed by atoms with Gasteiger partial charge in [0.1, 0.15) is 11.5 Å². The first-order valence-electron chi connectivity index (χ1n) is 7.39. The van der Waals surface area contributed by atoms with Gasteiger partial charge in [0.15, 0.2) is 0 Å². The number of thiophene rings is 1. The molecule has 134 valence electrons. The van der Waals surface area contributed by atoms with Gasteiger partial charge in [-0.2, -0.15) is 0 Å². The number of hydrogen-bond acceptors (Lipinski definition) is 7. The molecule has 0 bridgehead atoms. The van der Waals surface area contributed by atoms with Crippen molar-refractivity contribution in [3.05, 3.63) is 71.9 Å². The Hall–Kier alpha value is -3.27. The van der Waals surface area contributed by atoms with E-state index >= 15 is 0 Å². The summed E-state index contributed by atoms with van der Waals surface area (Å²) in [5.74, 6) is -0.637. The molecule has 0 amide bonds. The van der Waals surface area contributed by atoms with Crippen molar-refractivity contribution in [3.8, 4) is 0 Å². The summed E-state index contributed by atoms with van der Waals surface area (Å²) in [6.07, 6.45) is 0. The van der Waals surface area contributed by atoms with E-state index in [0.29, 0.717) is 10.1 Å². The Bertz CT molecular complexity index is 1160. The molecule has 0 atom stereocenters. The Balaban J connectivity index is 1.83. The zero-order valence-corrected chi connectivity index (χ0v) is 14.6. The van der Waals surface area contributed by atoms with Gasteiger partial charge in [-0.1, -0.05) is 0 Å². The lowest BCUT2D eigenvalue weighted by atomic mass is 10.2. The predicted molar refractivity (Wildman–Crippen MR) is 94.5 cm³/mol. The first kappa shape index (κ1) is 17.5. The quantitative estimate of drug-likeness (QED) is 0.388. The highest BCUT2D eigenvalue weighted by Gasteiger charge is 2.15. The minimum atomic E-state index is -0.637. The fourth-order valence-electron chi connectivity index (χ4n) is 2.37. The molecule has 2 aromatic heterocycles. The zero-order valence-electron chi connectivity index (χ0n) is 13.8. The molecule has 26 heavy (non-hydrogen) atoms. The molecule has 9 nitrogen and oxygen atoms in total. The molecule has 0 aliphatic heterocycles. The topological polar surface area (TPSA) is 113 Å². The van der Waals surface area contributed by atoms with E-state index in [4.69, 9.17) is 4.74 Å². The lowest BCUT2D eigenvalue weighted by Crippen LogP contribution is -2.38. The average Bonchev–Trinajstić information content (AvgIpc) is 3.04. The van der Waals surface area contributed by atoms with Crippen molar-refractivity contribution in [2.24, 2.45) is 14.1 Å². The molecule has 0 aliphatic rings. The van der Waals surface area contributed by atoms with Gasteiger partial charge in [0, 0.05) is 42.4 Å². The molecule has 3 aromatic rings. The molecule has 1 aromatic carbocycles. The van der Waals surface area contributed by atoms with Crippen LogP contribution in [0.15, 0.2) is 39.9 Å². The Kier molecular flexibility index (Phi) is 4.43. The molecule has 0 aliphatic carbocycles. The number of fused-ring (bicyclic) bond motifs is 1. The number of nitro benzene ring substituents is 1. The maximum absolute atomic E-state index is 12.2. The SMILES string of the molecule is Cn1c(COC(=O)c2cc3cc([N+](=O)[O-])ccc3s2)cc(=O)n(C)c1=O. The highest BCUT2D eigenvalue weighted by molar-refractivity contribution is 7.20. The van der Waals surface area contributed by atoms with E-state index in [0.717, 1.165) is 15.9 Å². The number of hydrogen-bond donors (Lipinski definition) is 0. The molecule has 0 saturated carbocycles. The number of ether oxygens (including phenoxy) is 1. The zero-order chi connectivity index (χ0) is 19.0. The second-order valence-corrected chi connectivity index (χ2v) is 6.62. The maximum Gasteiger partial charge on any atom is 0.348 e. The molecule has 10 heteroatoms. The summed E-state index contributed by atoms with van der Waals surface area (Å²) in [7, 11) is 2.83. The van der Waals surface area contributed by atoms with Crippen LogP contribution < -0.4 is 11.2 Å². The van der Waals surface area contributed by atoms with Crippen LogP contribution >= 0.6 is 11.3 Å². The van der Waals surface area contributed by atoms with Crippen LogP contribution in [0.2, 0.25) is 0 Å². The fourth-order valence-corrected chi connectivity index (χ4v) is 3.31. The van der Waals surface area contributed by atoms with Crippen molar-refractivity contribution in [1.29, 1.82) is 0 Å². The molecule has 0 spiro atoms. The summed E-state index contributed by atoms with van der Waals surface area (Å²) >= 11 is 1.14. The molecule has 0 N–H and O–H groups in total. The number of benzene rings is 1. The molecule has 0 saturated heterocycles. The van der Waals surface area contributed by atoms with E-state index in [1.165, 1.54) is 42.9 Å². The molecular weight excluding hydrogens is 362 g/mol. The van der Waals surface area contributed by atoms with Gasteiger partial charge >= 0.3 is 11.7 Å². The Labute approximate surface area is 149 Å². The van der Waals surface area contributed by atoms with Crippen LogP contribution in [-0.2, 0) is 25.4 Å². The third kappa shape index (κ3) is 3.14. The first-order chi connectivity index (χ1) is 12.3. The Morgan fingerprint density at radius 3 is 2.62 bits per heavy atom. The average molecular weight is 375 g/mol. The van der Waals surface area contributed by atoms with Crippen molar-refractivity contribution in [2.45, 2.75) is 6.61 Å². The number of nitrogens with zero attached hydrogens (tertiary/aromatic N) is 3. The number of aromatic nitrogens is 2. The molecule has 2 heterocycles. The van der Waals surface area contributed by atoms with Gasteiger partial charge in [0.2, 0.25) is 0 Å². The second kappa shape index (κ2) is 6.56. The number of rotatable bonds is 4. The van der Waals surface area contributed by atoms with Crippen molar-refractivity contribution in [1.82, 2.24) is 9.13 Å². The summed E-state index contributed by atoms with van der Waals surface area (Å²) in [5.41, 5.74) is -0.806. The maximum atomic E-state index is 12.2. The van der Waals surface area contributed by atoms with Gasteiger partial charge in [-0.05, 0) is 12.1 Å². The van der Waals surface area contributed by atoms with Crippen LogP contribution in [0.4, 0.5) is 5.69 Å². The first-order valence-corrected chi connectivity index (χ1v) is 8.20. The minimum absolute atomic E-state index is 0.0645. The molecule has 3 rings (SSSR count). The smallest absolute Gasteiger partial charge is 0.348 e. The standard InChI is InChI=1S/C16H13N3O6S/c1-17-11(7-14(20)18(2)16(17)22)8-25-15(21)13-6-9-5-10(19(23)24)3-4-12(9)26-13/h3-7H,8H2,1-2H3. The van der Waals surface area contributed by atoms with Gasteiger partial charge < -0.3 is 4.74 Å². The van der Waals surface area contributed by atoms with Crippen LogP contribution in [0.1, 0.15) is 15.4 Å². The summed E-state index contributed by atoms with van der Waals surface area (Å²) in [5, 5.41) is 11.4.